The van der Waals surface area contributed by atoms with Gasteiger partial charge in [-0.05, 0) is 35.9 Å². The van der Waals surface area contributed by atoms with E-state index in [1.54, 1.807) is 0 Å². The zero-order chi connectivity index (χ0) is 25.5. The van der Waals surface area contributed by atoms with E-state index in [0.29, 0.717) is 6.07 Å². The van der Waals surface area contributed by atoms with Crippen LogP contribution < -0.4 is 5.32 Å². The monoisotopic (exact) mass is 507 g/mol. The quantitative estimate of drug-likeness (QED) is 0.345. The molecule has 0 saturated heterocycles. The number of carbonyl (C=O) groups is 1. The number of H-pyrrole nitrogens is 1. The van der Waals surface area contributed by atoms with Crippen LogP contribution in [0.1, 0.15) is 21.6 Å². The first kappa shape index (κ1) is 24.4. The number of nitrogens with one attached hydrogen (secondary N) is 2. The third-order valence-electron chi connectivity index (χ3n) is 5.38. The van der Waals surface area contributed by atoms with Gasteiger partial charge in [0.15, 0.2) is 15.7 Å². The molecular formula is C23H17F4N3O4S. The normalized spacial score (nSPS) is 11.7. The summed E-state index contributed by atoms with van der Waals surface area (Å²) in [5, 5.41) is 17.7. The zero-order valence-electron chi connectivity index (χ0n) is 18.0. The molecular weight excluding hydrogens is 490 g/mol. The van der Waals surface area contributed by atoms with Crippen molar-refractivity contribution in [3.05, 3.63) is 82.6 Å². The van der Waals surface area contributed by atoms with Crippen molar-refractivity contribution in [3.8, 4) is 11.1 Å². The number of sulfone groups is 1. The molecule has 1 amide bonds. The Bertz CT molecular complexity index is 1590. The lowest BCUT2D eigenvalue weighted by Gasteiger charge is -2.12. The molecule has 0 bridgehead atoms. The van der Waals surface area contributed by atoms with E-state index in [9.17, 15) is 27.1 Å². The lowest BCUT2D eigenvalue weighted by atomic mass is 9.99. The van der Waals surface area contributed by atoms with Gasteiger partial charge in [-0.1, -0.05) is 12.1 Å². The van der Waals surface area contributed by atoms with E-state index in [1.807, 2.05) is 0 Å². The van der Waals surface area contributed by atoms with Crippen LogP contribution in [0.2, 0.25) is 0 Å². The molecule has 0 saturated carbocycles. The summed E-state index contributed by atoms with van der Waals surface area (Å²) in [6.45, 7) is -0.619. The largest absolute Gasteiger partial charge is 0.392 e. The molecule has 0 atom stereocenters. The van der Waals surface area contributed by atoms with Crippen LogP contribution in [0, 0.1) is 23.3 Å². The predicted octanol–water partition coefficient (Wildman–Crippen LogP) is 3.61. The highest BCUT2D eigenvalue weighted by molar-refractivity contribution is 7.90. The molecule has 0 radical (unpaired) electrons. The minimum Gasteiger partial charge on any atom is -0.392 e. The van der Waals surface area contributed by atoms with Crippen molar-refractivity contribution in [1.29, 1.82) is 0 Å². The average Bonchev–Trinajstić information content (AvgIpc) is 3.26. The molecule has 12 heteroatoms. The highest BCUT2D eigenvalue weighted by Crippen LogP contribution is 2.35. The Morgan fingerprint density at radius 2 is 1.80 bits per heavy atom. The third kappa shape index (κ3) is 4.37. The first-order valence-electron chi connectivity index (χ1n) is 10.1. The van der Waals surface area contributed by atoms with Crippen LogP contribution in [0.15, 0.2) is 47.4 Å². The second-order valence-corrected chi connectivity index (χ2v) is 9.60. The van der Waals surface area contributed by atoms with Gasteiger partial charge in [0.2, 0.25) is 0 Å². The number of halogens is 4. The van der Waals surface area contributed by atoms with Crippen molar-refractivity contribution < 1.29 is 35.9 Å². The van der Waals surface area contributed by atoms with E-state index in [0.717, 1.165) is 30.3 Å². The third-order valence-corrected chi connectivity index (χ3v) is 7.02. The average molecular weight is 507 g/mol. The van der Waals surface area contributed by atoms with E-state index in [-0.39, 0.29) is 22.2 Å². The number of hydrogen-bond acceptors (Lipinski definition) is 5. The Hall–Kier alpha value is -3.77. The minimum atomic E-state index is -4.33. The fourth-order valence-corrected chi connectivity index (χ4v) is 5.09. The highest BCUT2D eigenvalue weighted by atomic mass is 32.2. The number of aliphatic hydroxyl groups excluding tert-OH is 1. The van der Waals surface area contributed by atoms with Crippen LogP contribution in [0.4, 0.5) is 17.6 Å². The Balaban J connectivity index is 1.80. The molecule has 0 fully saturated rings. The maximum Gasteiger partial charge on any atom is 0.269 e. The van der Waals surface area contributed by atoms with Crippen molar-refractivity contribution in [2.24, 2.45) is 0 Å². The zero-order valence-corrected chi connectivity index (χ0v) is 18.8. The Labute approximate surface area is 196 Å². The van der Waals surface area contributed by atoms with Gasteiger partial charge in [0.1, 0.15) is 28.7 Å². The van der Waals surface area contributed by atoms with Crippen LogP contribution >= 0.6 is 0 Å². The van der Waals surface area contributed by atoms with E-state index in [4.69, 9.17) is 0 Å². The van der Waals surface area contributed by atoms with Crippen molar-refractivity contribution in [3.63, 3.8) is 0 Å². The molecule has 7 nitrogen and oxygen atoms in total. The van der Waals surface area contributed by atoms with Gasteiger partial charge in [-0.2, -0.15) is 5.10 Å². The first-order valence-corrected chi connectivity index (χ1v) is 11.7. The van der Waals surface area contributed by atoms with E-state index < -0.39 is 73.0 Å². The second kappa shape index (κ2) is 9.12. The van der Waals surface area contributed by atoms with E-state index in [2.05, 4.69) is 15.5 Å². The summed E-state index contributed by atoms with van der Waals surface area (Å²) in [7, 11) is -2.97. The van der Waals surface area contributed by atoms with Gasteiger partial charge >= 0.3 is 0 Å². The molecule has 4 rings (SSSR count). The number of aromatic nitrogens is 2. The number of benzene rings is 3. The summed E-state index contributed by atoms with van der Waals surface area (Å²) in [5.41, 5.74) is -2.23. The standard InChI is InChI=1S/C23H17F4N3O4S/c1-28-23(32)22-16-4-3-15(20(27)21(16)29-30-22)18-17(25)5-2-12(19(18)26)10-35(33,34)14-7-11(9-31)6-13(24)8-14/h2-8,31H,9-10H2,1H3,(H,28,32)(H,29,30). The lowest BCUT2D eigenvalue weighted by Crippen LogP contribution is -2.18. The summed E-state index contributed by atoms with van der Waals surface area (Å²) in [4.78, 5) is 11.4. The molecule has 35 heavy (non-hydrogen) atoms. The van der Waals surface area contributed by atoms with Crippen molar-refractivity contribution in [2.75, 3.05) is 7.05 Å². The van der Waals surface area contributed by atoms with E-state index in [1.165, 1.54) is 13.1 Å². The highest BCUT2D eigenvalue weighted by Gasteiger charge is 2.26. The number of fused-ring (bicyclic) bond motifs is 1. The molecule has 182 valence electrons. The van der Waals surface area contributed by atoms with Gasteiger partial charge in [0.25, 0.3) is 5.91 Å². The number of hydrogen-bond donors (Lipinski definition) is 3. The van der Waals surface area contributed by atoms with Crippen molar-refractivity contribution >= 4 is 26.6 Å². The number of nitrogens with zero attached hydrogens (tertiary/aromatic N) is 1. The van der Waals surface area contributed by atoms with Crippen molar-refractivity contribution in [2.45, 2.75) is 17.3 Å². The van der Waals surface area contributed by atoms with Crippen LogP contribution in [0.3, 0.4) is 0 Å². The van der Waals surface area contributed by atoms with Gasteiger partial charge in [-0.25, -0.2) is 26.0 Å². The molecule has 1 heterocycles. The Morgan fingerprint density at radius 3 is 2.49 bits per heavy atom. The minimum absolute atomic E-state index is 0.00524. The van der Waals surface area contributed by atoms with Crippen LogP contribution in [-0.2, 0) is 22.2 Å². The Kier molecular flexibility index (Phi) is 6.34. The molecule has 0 aliphatic rings. The molecule has 4 aromatic rings. The summed E-state index contributed by atoms with van der Waals surface area (Å²) < 4.78 is 84.7. The maximum atomic E-state index is 15.4. The fraction of sp³-hybridized carbons (Fsp3) is 0.130. The van der Waals surface area contributed by atoms with Gasteiger partial charge in [-0.15, -0.1) is 0 Å². The maximum absolute atomic E-state index is 15.4. The number of carbonyl (C=O) groups excluding carboxylic acids is 1. The number of aromatic amines is 1. The summed E-state index contributed by atoms with van der Waals surface area (Å²) in [5.74, 6) is -6.07. The molecule has 0 spiro atoms. The van der Waals surface area contributed by atoms with Crippen LogP contribution in [0.25, 0.3) is 22.0 Å². The van der Waals surface area contributed by atoms with Crippen LogP contribution in [-0.4, -0.2) is 36.7 Å². The SMILES string of the molecule is CNC(=O)c1[nH]nc2c(F)c(-c3c(F)ccc(CS(=O)(=O)c4cc(F)cc(CO)c4)c3F)ccc12. The Morgan fingerprint density at radius 1 is 1.06 bits per heavy atom. The number of aliphatic hydroxyl groups is 1. The second-order valence-electron chi connectivity index (χ2n) is 7.61. The molecule has 0 aliphatic heterocycles. The predicted molar refractivity (Wildman–Crippen MR) is 118 cm³/mol. The van der Waals surface area contributed by atoms with Gasteiger partial charge in [0, 0.05) is 23.6 Å². The topological polar surface area (TPSA) is 112 Å². The summed E-state index contributed by atoms with van der Waals surface area (Å²) in [6.07, 6.45) is 0. The smallest absolute Gasteiger partial charge is 0.269 e. The number of amides is 1. The molecule has 1 aromatic heterocycles. The van der Waals surface area contributed by atoms with Crippen molar-refractivity contribution in [1.82, 2.24) is 15.5 Å². The van der Waals surface area contributed by atoms with Crippen LogP contribution in [0.5, 0.6) is 0 Å². The van der Waals surface area contributed by atoms with E-state index >= 15 is 8.78 Å². The first-order chi connectivity index (χ1) is 16.6. The molecule has 3 aromatic carbocycles. The molecule has 0 aliphatic carbocycles. The van der Waals surface area contributed by atoms with Gasteiger partial charge < -0.3 is 10.4 Å². The number of rotatable bonds is 6. The lowest BCUT2D eigenvalue weighted by molar-refractivity contribution is 0.0959. The van der Waals surface area contributed by atoms with Gasteiger partial charge in [-0.3, -0.25) is 9.89 Å². The molecule has 0 unspecified atom stereocenters. The van der Waals surface area contributed by atoms with Gasteiger partial charge in [0.05, 0.1) is 22.8 Å². The molecule has 3 N–H and O–H groups in total. The fourth-order valence-electron chi connectivity index (χ4n) is 3.67. The summed E-state index contributed by atoms with van der Waals surface area (Å²) in [6, 6.07) is 6.69. The summed E-state index contributed by atoms with van der Waals surface area (Å²) >= 11 is 0.